The first-order valence-corrected chi connectivity index (χ1v) is 11.7. The van der Waals surface area contributed by atoms with Crippen LogP contribution < -0.4 is 9.64 Å². The Morgan fingerprint density at radius 1 is 1.06 bits per heavy atom. The van der Waals surface area contributed by atoms with Crippen LogP contribution in [0.1, 0.15) is 36.1 Å². The Balaban J connectivity index is 1.90. The van der Waals surface area contributed by atoms with Crippen molar-refractivity contribution in [1.29, 1.82) is 0 Å². The predicted molar refractivity (Wildman–Crippen MR) is 135 cm³/mol. The Labute approximate surface area is 212 Å². The Hall–Kier alpha value is -3.35. The molecule has 1 aliphatic heterocycles. The maximum absolute atomic E-state index is 14.0. The fourth-order valence-electron chi connectivity index (χ4n) is 4.05. The number of aliphatic hydroxyl groups excluding tert-OH is 1. The molecule has 0 saturated carbocycles. The van der Waals surface area contributed by atoms with E-state index < -0.39 is 23.5 Å². The summed E-state index contributed by atoms with van der Waals surface area (Å²) in [6.45, 7) is 4.36. The highest BCUT2D eigenvalue weighted by Crippen LogP contribution is 2.43. The highest BCUT2D eigenvalue weighted by atomic mass is 35.5. The van der Waals surface area contributed by atoms with Crippen molar-refractivity contribution >= 4 is 46.3 Å². The lowest BCUT2D eigenvalue weighted by atomic mass is 9.94. The molecule has 1 heterocycles. The number of halogens is 3. The maximum atomic E-state index is 14.0. The van der Waals surface area contributed by atoms with Crippen LogP contribution in [0.3, 0.4) is 0 Å². The van der Waals surface area contributed by atoms with Gasteiger partial charge in [-0.15, -0.1) is 0 Å². The molecule has 1 N–H and O–H groups in total. The number of amides is 1. The summed E-state index contributed by atoms with van der Waals surface area (Å²) in [6, 6.07) is 14.0. The number of Topliss-reactive ketones (excluding diaryl/α,β-unsaturated/α-hetero) is 1. The van der Waals surface area contributed by atoms with Gasteiger partial charge in [0.1, 0.15) is 17.3 Å². The molecule has 4 rings (SSSR count). The molecule has 5 nitrogen and oxygen atoms in total. The molecule has 180 valence electrons. The van der Waals surface area contributed by atoms with Gasteiger partial charge in [0.2, 0.25) is 0 Å². The van der Waals surface area contributed by atoms with Crippen molar-refractivity contribution in [3.8, 4) is 5.75 Å². The number of ketones is 1. The van der Waals surface area contributed by atoms with Gasteiger partial charge in [0.25, 0.3) is 11.7 Å². The molecular weight excluding hydrogens is 492 g/mol. The number of anilines is 1. The molecule has 0 spiro atoms. The molecule has 1 atom stereocenters. The van der Waals surface area contributed by atoms with Crippen LogP contribution in [-0.2, 0) is 9.59 Å². The quantitative estimate of drug-likeness (QED) is 0.222. The average molecular weight is 514 g/mol. The number of hydrogen-bond acceptors (Lipinski definition) is 4. The van der Waals surface area contributed by atoms with E-state index in [-0.39, 0.29) is 27.1 Å². The molecule has 35 heavy (non-hydrogen) atoms. The van der Waals surface area contributed by atoms with Gasteiger partial charge < -0.3 is 9.84 Å². The number of carbonyl (C=O) groups excluding carboxylic acids is 2. The summed E-state index contributed by atoms with van der Waals surface area (Å²) in [6.07, 6.45) is 0.842. The fourth-order valence-corrected chi connectivity index (χ4v) is 4.36. The third-order valence-electron chi connectivity index (χ3n) is 5.70. The minimum atomic E-state index is -1.05. The number of hydrogen-bond donors (Lipinski definition) is 1. The Kier molecular flexibility index (Phi) is 7.15. The number of nitrogens with zero attached hydrogens (tertiary/aromatic N) is 1. The molecular formula is C27H22Cl2FNO4. The minimum absolute atomic E-state index is 0.140. The molecule has 0 aromatic heterocycles. The fraction of sp³-hybridized carbons (Fsp3) is 0.185. The highest BCUT2D eigenvalue weighted by Gasteiger charge is 2.47. The van der Waals surface area contributed by atoms with Crippen molar-refractivity contribution in [3.63, 3.8) is 0 Å². The standard InChI is InChI=1S/C27H22Cl2FNO4/c1-3-11-35-22-10-8-17(12-15(22)2)25(32)23-24(16-7-9-20(28)21(29)13-16)31(27(34)26(23)33)19-6-4-5-18(30)14-19/h4-10,12-14,24,32H,3,11H2,1-2H3/b25-23-. The van der Waals surface area contributed by atoms with Gasteiger partial charge in [0, 0.05) is 11.3 Å². The van der Waals surface area contributed by atoms with Gasteiger partial charge in [0.05, 0.1) is 28.3 Å². The lowest BCUT2D eigenvalue weighted by Gasteiger charge is -2.25. The maximum Gasteiger partial charge on any atom is 0.300 e. The van der Waals surface area contributed by atoms with Crippen molar-refractivity contribution in [3.05, 3.63) is 98.8 Å². The molecule has 8 heteroatoms. The van der Waals surface area contributed by atoms with Gasteiger partial charge in [-0.05, 0) is 73.0 Å². The highest BCUT2D eigenvalue weighted by molar-refractivity contribution is 6.51. The summed E-state index contributed by atoms with van der Waals surface area (Å²) in [7, 11) is 0. The first-order valence-electron chi connectivity index (χ1n) is 11.0. The Morgan fingerprint density at radius 3 is 2.49 bits per heavy atom. The zero-order chi connectivity index (χ0) is 25.3. The monoisotopic (exact) mass is 513 g/mol. The van der Waals surface area contributed by atoms with E-state index in [2.05, 4.69) is 0 Å². The van der Waals surface area contributed by atoms with Gasteiger partial charge in [0.15, 0.2) is 0 Å². The van der Waals surface area contributed by atoms with Crippen molar-refractivity contribution in [2.45, 2.75) is 26.3 Å². The number of aryl methyl sites for hydroxylation is 1. The van der Waals surface area contributed by atoms with E-state index in [4.69, 9.17) is 27.9 Å². The van der Waals surface area contributed by atoms with Crippen molar-refractivity contribution in [2.75, 3.05) is 11.5 Å². The van der Waals surface area contributed by atoms with E-state index in [9.17, 15) is 19.1 Å². The second kappa shape index (κ2) is 10.1. The van der Waals surface area contributed by atoms with Crippen LogP contribution in [0.25, 0.3) is 5.76 Å². The van der Waals surface area contributed by atoms with Gasteiger partial charge in [-0.25, -0.2) is 4.39 Å². The molecule has 1 amide bonds. The van der Waals surface area contributed by atoms with Gasteiger partial charge in [-0.1, -0.05) is 42.3 Å². The largest absolute Gasteiger partial charge is 0.507 e. The molecule has 3 aromatic carbocycles. The number of rotatable bonds is 6. The van der Waals surface area contributed by atoms with Crippen LogP contribution in [-0.4, -0.2) is 23.4 Å². The molecule has 1 saturated heterocycles. The van der Waals surface area contributed by atoms with E-state index >= 15 is 0 Å². The van der Waals surface area contributed by atoms with E-state index in [0.29, 0.717) is 23.5 Å². The predicted octanol–water partition coefficient (Wildman–Crippen LogP) is 6.86. The van der Waals surface area contributed by atoms with E-state index in [1.807, 2.05) is 13.8 Å². The molecule has 1 fully saturated rings. The smallest absolute Gasteiger partial charge is 0.300 e. The lowest BCUT2D eigenvalue weighted by molar-refractivity contribution is -0.132. The molecule has 1 aliphatic rings. The number of carbonyl (C=O) groups is 2. The normalized spacial score (nSPS) is 17.2. The third-order valence-corrected chi connectivity index (χ3v) is 6.44. The SMILES string of the molecule is CCCOc1ccc(/C(O)=C2/C(=O)C(=O)N(c3cccc(F)c3)C2c2ccc(Cl)c(Cl)c2)cc1C. The molecule has 3 aromatic rings. The zero-order valence-corrected chi connectivity index (χ0v) is 20.5. The van der Waals surface area contributed by atoms with Gasteiger partial charge in [-0.3, -0.25) is 14.5 Å². The van der Waals surface area contributed by atoms with Crippen LogP contribution in [0.2, 0.25) is 10.0 Å². The average Bonchev–Trinajstić information content (AvgIpc) is 3.10. The van der Waals surface area contributed by atoms with Crippen LogP contribution in [0.15, 0.2) is 66.2 Å². The second-order valence-electron chi connectivity index (χ2n) is 8.15. The molecule has 0 bridgehead atoms. The third kappa shape index (κ3) is 4.77. The van der Waals surface area contributed by atoms with E-state index in [1.54, 1.807) is 24.3 Å². The van der Waals surface area contributed by atoms with E-state index in [0.717, 1.165) is 23.0 Å². The lowest BCUT2D eigenvalue weighted by Crippen LogP contribution is -2.29. The second-order valence-corrected chi connectivity index (χ2v) is 8.97. The topological polar surface area (TPSA) is 66.8 Å². The number of aliphatic hydroxyl groups is 1. The van der Waals surface area contributed by atoms with Crippen molar-refractivity contribution in [1.82, 2.24) is 0 Å². The summed E-state index contributed by atoms with van der Waals surface area (Å²) >= 11 is 12.3. The van der Waals surface area contributed by atoms with Crippen LogP contribution in [0.5, 0.6) is 5.75 Å². The minimum Gasteiger partial charge on any atom is -0.507 e. The summed E-state index contributed by atoms with van der Waals surface area (Å²) in [4.78, 5) is 27.6. The van der Waals surface area contributed by atoms with Crippen LogP contribution in [0, 0.1) is 12.7 Å². The molecule has 0 radical (unpaired) electrons. The van der Waals surface area contributed by atoms with Crippen LogP contribution >= 0.6 is 23.2 Å². The van der Waals surface area contributed by atoms with E-state index in [1.165, 1.54) is 30.3 Å². The van der Waals surface area contributed by atoms with Crippen molar-refractivity contribution < 1.29 is 23.8 Å². The van der Waals surface area contributed by atoms with Crippen LogP contribution in [0.4, 0.5) is 10.1 Å². The molecule has 1 unspecified atom stereocenters. The summed E-state index contributed by atoms with van der Waals surface area (Å²) in [5.41, 5.74) is 1.56. The summed E-state index contributed by atoms with van der Waals surface area (Å²) in [5.74, 6) is -2.07. The first-order chi connectivity index (χ1) is 16.7. The number of ether oxygens (including phenoxy) is 1. The Bertz CT molecular complexity index is 1350. The number of benzene rings is 3. The van der Waals surface area contributed by atoms with Crippen molar-refractivity contribution in [2.24, 2.45) is 0 Å². The van der Waals surface area contributed by atoms with Gasteiger partial charge >= 0.3 is 0 Å². The Morgan fingerprint density at radius 2 is 1.83 bits per heavy atom. The summed E-state index contributed by atoms with van der Waals surface area (Å²) in [5, 5.41) is 11.8. The van der Waals surface area contributed by atoms with Gasteiger partial charge in [-0.2, -0.15) is 0 Å². The molecule has 0 aliphatic carbocycles. The zero-order valence-electron chi connectivity index (χ0n) is 19.0. The summed E-state index contributed by atoms with van der Waals surface area (Å²) < 4.78 is 19.7. The first kappa shape index (κ1) is 24.8.